The van der Waals surface area contributed by atoms with Crippen LogP contribution in [-0.2, 0) is 0 Å². The fourth-order valence-electron chi connectivity index (χ4n) is 4.87. The van der Waals surface area contributed by atoms with Crippen molar-refractivity contribution in [3.05, 3.63) is 0 Å². The van der Waals surface area contributed by atoms with Crippen molar-refractivity contribution in [2.24, 2.45) is 0 Å². The summed E-state index contributed by atoms with van der Waals surface area (Å²) in [7, 11) is -10.7. The molecule has 0 aromatic carbocycles. The molecule has 0 saturated carbocycles. The maximum atomic E-state index is 9.87. The zero-order valence-electron chi connectivity index (χ0n) is 24.1. The minimum atomic E-state index is -10.7. The third kappa shape index (κ3) is 36.1. The molecule has 0 bridgehead atoms. The Hall–Kier alpha value is -0.0300. The molecule has 0 aliphatic heterocycles. The van der Waals surface area contributed by atoms with E-state index in [1.54, 1.807) is 0 Å². The van der Waals surface area contributed by atoms with Crippen LogP contribution in [0, 0.1) is 0 Å². The second-order valence-corrected chi connectivity index (χ2v) is 12.8. The first-order valence-electron chi connectivity index (χ1n) is 15.1. The average molecular weight is 556 g/mol. The molecule has 1 nitrogen and oxygen atoms in total. The molecule has 0 saturated heterocycles. The summed E-state index contributed by atoms with van der Waals surface area (Å²) >= 11 is 0. The van der Waals surface area contributed by atoms with Crippen LogP contribution >= 0.6 is 7.81 Å². The number of nitrogens with zero attached hydrogens (tertiary/aromatic N) is 1. The van der Waals surface area contributed by atoms with Crippen molar-refractivity contribution in [1.29, 1.82) is 0 Å². The van der Waals surface area contributed by atoms with Crippen molar-refractivity contribution >= 4 is 7.81 Å². The van der Waals surface area contributed by atoms with Gasteiger partial charge in [-0.1, -0.05) is 105 Å². The first kappa shape index (κ1) is 38.1. The Balaban J connectivity index is 0. The van der Waals surface area contributed by atoms with Gasteiger partial charge in [0.15, 0.2) is 0 Å². The summed E-state index contributed by atoms with van der Waals surface area (Å²) in [4.78, 5) is 0. The van der Waals surface area contributed by atoms with E-state index in [1.165, 1.54) is 159 Å². The van der Waals surface area contributed by atoms with Gasteiger partial charge in [0, 0.05) is 0 Å². The molecule has 0 unspecified atom stereocenters. The summed E-state index contributed by atoms with van der Waals surface area (Å²) < 4.78 is 60.7. The number of hydrogen-bond donors (Lipinski definition) is 0. The second kappa shape index (κ2) is 20.0. The average Bonchev–Trinajstić information content (AvgIpc) is 2.76. The van der Waals surface area contributed by atoms with Gasteiger partial charge in [0.05, 0.1) is 26.2 Å². The van der Waals surface area contributed by atoms with E-state index in [1.807, 2.05) is 0 Å². The monoisotopic (exact) mass is 555 g/mol. The number of unbranched alkanes of at least 4 members (excludes halogenated alkanes) is 16. The molecule has 0 radical (unpaired) electrons. The Morgan fingerprint density at radius 2 is 0.500 bits per heavy atom. The van der Waals surface area contributed by atoms with Gasteiger partial charge in [0.2, 0.25) is 0 Å². The van der Waals surface area contributed by atoms with E-state index >= 15 is 0 Å². The number of rotatable bonds is 24. The Morgan fingerprint density at radius 3 is 0.667 bits per heavy atom. The van der Waals surface area contributed by atoms with Crippen LogP contribution < -0.4 is 0 Å². The van der Waals surface area contributed by atoms with Crippen LogP contribution in [0.1, 0.15) is 156 Å². The second-order valence-electron chi connectivity index (χ2n) is 10.9. The maximum absolute atomic E-state index is 10.7. The molecule has 0 N–H and O–H groups in total. The quantitative estimate of drug-likeness (QED) is 0.0481. The van der Waals surface area contributed by atoms with E-state index in [4.69, 9.17) is 0 Å². The molecule has 0 aliphatic carbocycles. The SMILES string of the molecule is CCCCCCC[N+](CCCCCCC)(CCCCCCC)CCCCCCC.F[P-](F)(F)(F)(F)F. The molecule has 0 heterocycles. The number of hydrogen-bond acceptors (Lipinski definition) is 0. The topological polar surface area (TPSA) is 0 Å². The summed E-state index contributed by atoms with van der Waals surface area (Å²) in [6, 6.07) is 0. The van der Waals surface area contributed by atoms with E-state index in [-0.39, 0.29) is 0 Å². The van der Waals surface area contributed by atoms with E-state index in [0.717, 1.165) is 0 Å². The van der Waals surface area contributed by atoms with Crippen LogP contribution in [0.25, 0.3) is 0 Å². The zero-order valence-corrected chi connectivity index (χ0v) is 25.0. The van der Waals surface area contributed by atoms with Crippen LogP contribution in [0.5, 0.6) is 0 Å². The van der Waals surface area contributed by atoms with Crippen LogP contribution in [0.15, 0.2) is 0 Å². The van der Waals surface area contributed by atoms with Crippen molar-refractivity contribution in [3.63, 3.8) is 0 Å². The molecule has 0 amide bonds. The molecule has 0 aromatic heterocycles. The molecule has 0 atom stereocenters. The Labute approximate surface area is 220 Å². The van der Waals surface area contributed by atoms with Crippen LogP contribution in [0.3, 0.4) is 0 Å². The third-order valence-electron chi connectivity index (χ3n) is 6.94. The molecule has 0 aliphatic rings. The van der Waals surface area contributed by atoms with Gasteiger partial charge in [0.1, 0.15) is 0 Å². The molecular weight excluding hydrogens is 495 g/mol. The van der Waals surface area contributed by atoms with Crippen molar-refractivity contribution in [2.45, 2.75) is 156 Å². The summed E-state index contributed by atoms with van der Waals surface area (Å²) in [5.41, 5.74) is 0. The van der Waals surface area contributed by atoms with Crippen molar-refractivity contribution in [1.82, 2.24) is 0 Å². The molecule has 0 rings (SSSR count). The number of halogens is 6. The predicted molar refractivity (Wildman–Crippen MR) is 148 cm³/mol. The Kier molecular flexibility index (Phi) is 21.1. The molecule has 8 heteroatoms. The van der Waals surface area contributed by atoms with E-state index in [0.29, 0.717) is 0 Å². The van der Waals surface area contributed by atoms with Gasteiger partial charge in [-0.2, -0.15) is 0 Å². The Bertz CT molecular complexity index is 408. The molecule has 224 valence electrons. The number of quaternary nitrogens is 1. The van der Waals surface area contributed by atoms with Crippen molar-refractivity contribution in [2.75, 3.05) is 26.2 Å². The summed E-state index contributed by atoms with van der Waals surface area (Å²) in [6.07, 6.45) is 28.8. The molecule has 36 heavy (non-hydrogen) atoms. The predicted octanol–water partition coefficient (Wildman–Crippen LogP) is 13.1. The first-order chi connectivity index (χ1) is 16.7. The molecule has 0 spiro atoms. The van der Waals surface area contributed by atoms with Gasteiger partial charge >= 0.3 is 33.0 Å². The van der Waals surface area contributed by atoms with Crippen LogP contribution in [-0.4, -0.2) is 30.7 Å². The summed E-state index contributed by atoms with van der Waals surface area (Å²) in [5, 5.41) is 0. The molecule has 0 aromatic rings. The van der Waals surface area contributed by atoms with E-state index in [2.05, 4.69) is 27.7 Å². The van der Waals surface area contributed by atoms with E-state index in [9.17, 15) is 25.2 Å². The van der Waals surface area contributed by atoms with Gasteiger partial charge in [-0.15, -0.1) is 0 Å². The first-order valence-corrected chi connectivity index (χ1v) is 17.1. The fourth-order valence-corrected chi connectivity index (χ4v) is 4.87. The standard InChI is InChI=1S/C28H60N.F6P/c1-5-9-13-17-21-25-29(26-22-18-14-10-6-2,27-23-19-15-11-7-3)28-24-20-16-12-8-4;1-7(2,3,4,5)6/h5-28H2,1-4H3;/q+1;-1. The third-order valence-corrected chi connectivity index (χ3v) is 6.94. The van der Waals surface area contributed by atoms with E-state index < -0.39 is 7.81 Å². The molecular formula is C28H60F6NP. The fraction of sp³-hybridized carbons (Fsp3) is 1.00. The Morgan fingerprint density at radius 1 is 0.333 bits per heavy atom. The van der Waals surface area contributed by atoms with Crippen LogP contribution in [0.2, 0.25) is 0 Å². The van der Waals surface area contributed by atoms with Gasteiger partial charge in [-0.3, -0.25) is 0 Å². The van der Waals surface area contributed by atoms with Crippen molar-refractivity contribution in [3.8, 4) is 0 Å². The van der Waals surface area contributed by atoms with Crippen molar-refractivity contribution < 1.29 is 29.7 Å². The van der Waals surface area contributed by atoms with Gasteiger partial charge in [0.25, 0.3) is 0 Å². The molecule has 0 fully saturated rings. The van der Waals surface area contributed by atoms with Gasteiger partial charge in [-0.25, -0.2) is 0 Å². The van der Waals surface area contributed by atoms with Crippen LogP contribution in [0.4, 0.5) is 25.2 Å². The van der Waals surface area contributed by atoms with Gasteiger partial charge < -0.3 is 4.48 Å². The summed E-state index contributed by atoms with van der Waals surface area (Å²) in [6.45, 7) is 15.2. The normalized spacial score (nSPS) is 14.2. The van der Waals surface area contributed by atoms with Gasteiger partial charge in [-0.05, 0) is 51.4 Å². The minimum absolute atomic E-state index is 1.37. The zero-order chi connectivity index (χ0) is 27.9. The summed E-state index contributed by atoms with van der Waals surface area (Å²) in [5.74, 6) is 0.